The number of benzene rings is 1. The van der Waals surface area contributed by atoms with E-state index in [4.69, 9.17) is 5.73 Å². The molecule has 0 spiro atoms. The number of nitrogens with zero attached hydrogens (tertiary/aromatic N) is 1. The van der Waals surface area contributed by atoms with E-state index in [9.17, 15) is 0 Å². The van der Waals surface area contributed by atoms with Gasteiger partial charge < -0.3 is 10.7 Å². The topological polar surface area (TPSA) is 54.7 Å². The summed E-state index contributed by atoms with van der Waals surface area (Å²) in [5.41, 5.74) is 10.3. The van der Waals surface area contributed by atoms with Crippen molar-refractivity contribution < 1.29 is 0 Å². The van der Waals surface area contributed by atoms with E-state index >= 15 is 0 Å². The van der Waals surface area contributed by atoms with Gasteiger partial charge in [-0.2, -0.15) is 0 Å². The molecule has 0 bridgehead atoms. The molecule has 0 amide bonds. The predicted octanol–water partition coefficient (Wildman–Crippen LogP) is 2.97. The van der Waals surface area contributed by atoms with Gasteiger partial charge in [0.1, 0.15) is 5.82 Å². The molecule has 3 heteroatoms. The van der Waals surface area contributed by atoms with Gasteiger partial charge in [-0.3, -0.25) is 0 Å². The standard InChI is InChI=1S/C14H19N3/c1-9(2)13-14(17-10(3)16-13)12-7-5-4-6-11(12)8-15/h4-7,9H,8,15H2,1-3H3,(H,16,17). The zero-order chi connectivity index (χ0) is 12.4. The van der Waals surface area contributed by atoms with Crippen LogP contribution in [0.15, 0.2) is 24.3 Å². The van der Waals surface area contributed by atoms with Gasteiger partial charge in [-0.05, 0) is 18.4 Å². The lowest BCUT2D eigenvalue weighted by atomic mass is 9.99. The third-order valence-corrected chi connectivity index (χ3v) is 2.92. The highest BCUT2D eigenvalue weighted by Crippen LogP contribution is 2.29. The van der Waals surface area contributed by atoms with Gasteiger partial charge >= 0.3 is 0 Å². The van der Waals surface area contributed by atoms with Crippen LogP contribution in [0.1, 0.15) is 36.8 Å². The highest BCUT2D eigenvalue weighted by molar-refractivity contribution is 5.66. The van der Waals surface area contributed by atoms with Crippen molar-refractivity contribution in [3.63, 3.8) is 0 Å². The summed E-state index contributed by atoms with van der Waals surface area (Å²) >= 11 is 0. The third-order valence-electron chi connectivity index (χ3n) is 2.92. The number of hydrogen-bond acceptors (Lipinski definition) is 2. The molecule has 1 aromatic heterocycles. The number of hydrogen-bond donors (Lipinski definition) is 2. The summed E-state index contributed by atoms with van der Waals surface area (Å²) in [6.45, 7) is 6.86. The molecule has 0 aliphatic rings. The molecule has 0 atom stereocenters. The highest BCUT2D eigenvalue weighted by Gasteiger charge is 2.15. The quantitative estimate of drug-likeness (QED) is 0.850. The molecule has 0 saturated heterocycles. The summed E-state index contributed by atoms with van der Waals surface area (Å²) in [6.07, 6.45) is 0. The Hall–Kier alpha value is -1.61. The number of imidazole rings is 1. The Kier molecular flexibility index (Phi) is 3.29. The average Bonchev–Trinajstić information content (AvgIpc) is 2.71. The van der Waals surface area contributed by atoms with Gasteiger partial charge in [-0.1, -0.05) is 38.1 Å². The molecule has 0 saturated carbocycles. The average molecular weight is 229 g/mol. The number of H-pyrrole nitrogens is 1. The maximum absolute atomic E-state index is 5.78. The van der Waals surface area contributed by atoms with Crippen molar-refractivity contribution in [1.82, 2.24) is 9.97 Å². The smallest absolute Gasteiger partial charge is 0.103 e. The van der Waals surface area contributed by atoms with E-state index in [-0.39, 0.29) is 0 Å². The van der Waals surface area contributed by atoms with Gasteiger partial charge in [0.15, 0.2) is 0 Å². The molecule has 1 heterocycles. The normalized spacial score (nSPS) is 11.1. The van der Waals surface area contributed by atoms with E-state index in [0.717, 1.165) is 22.6 Å². The zero-order valence-corrected chi connectivity index (χ0v) is 10.6. The van der Waals surface area contributed by atoms with Crippen LogP contribution >= 0.6 is 0 Å². The van der Waals surface area contributed by atoms with E-state index in [1.807, 2.05) is 19.1 Å². The zero-order valence-electron chi connectivity index (χ0n) is 10.6. The minimum Gasteiger partial charge on any atom is -0.345 e. The van der Waals surface area contributed by atoms with E-state index in [1.165, 1.54) is 5.69 Å². The molecule has 3 nitrogen and oxygen atoms in total. The minimum absolute atomic E-state index is 0.428. The molecular formula is C14H19N3. The number of rotatable bonds is 3. The largest absolute Gasteiger partial charge is 0.345 e. The molecule has 90 valence electrons. The second kappa shape index (κ2) is 4.72. The summed E-state index contributed by atoms with van der Waals surface area (Å²) in [4.78, 5) is 7.94. The summed E-state index contributed by atoms with van der Waals surface area (Å²) in [6, 6.07) is 8.19. The van der Waals surface area contributed by atoms with Gasteiger partial charge in [0.05, 0.1) is 5.69 Å². The number of aromatic amines is 1. The SMILES string of the molecule is Cc1nc(-c2ccccc2CN)c(C(C)C)[nH]1. The molecule has 0 fully saturated rings. The Labute approximate surface area is 102 Å². The number of aromatic nitrogens is 2. The molecular weight excluding hydrogens is 210 g/mol. The molecule has 3 N–H and O–H groups in total. The van der Waals surface area contributed by atoms with Gasteiger partial charge in [-0.15, -0.1) is 0 Å². The van der Waals surface area contributed by atoms with Gasteiger partial charge in [0.2, 0.25) is 0 Å². The first kappa shape index (κ1) is 11.9. The van der Waals surface area contributed by atoms with Crippen molar-refractivity contribution in [2.24, 2.45) is 5.73 Å². The summed E-state index contributed by atoms with van der Waals surface area (Å²) in [7, 11) is 0. The predicted molar refractivity (Wildman–Crippen MR) is 70.7 cm³/mol. The highest BCUT2D eigenvalue weighted by atomic mass is 14.9. The van der Waals surface area contributed by atoms with Crippen molar-refractivity contribution >= 4 is 0 Å². The van der Waals surface area contributed by atoms with Crippen LogP contribution in [0.4, 0.5) is 0 Å². The fourth-order valence-electron chi connectivity index (χ4n) is 2.06. The van der Waals surface area contributed by atoms with Crippen LogP contribution in [0.25, 0.3) is 11.3 Å². The van der Waals surface area contributed by atoms with Gasteiger partial charge in [-0.25, -0.2) is 4.98 Å². The maximum Gasteiger partial charge on any atom is 0.103 e. The maximum atomic E-state index is 5.78. The van der Waals surface area contributed by atoms with Crippen LogP contribution in [-0.4, -0.2) is 9.97 Å². The molecule has 17 heavy (non-hydrogen) atoms. The lowest BCUT2D eigenvalue weighted by molar-refractivity contribution is 0.830. The van der Waals surface area contributed by atoms with E-state index in [1.54, 1.807) is 0 Å². The van der Waals surface area contributed by atoms with Crippen LogP contribution in [0.3, 0.4) is 0 Å². The van der Waals surface area contributed by atoms with E-state index in [2.05, 4.69) is 35.9 Å². The Balaban J connectivity index is 2.59. The van der Waals surface area contributed by atoms with E-state index < -0.39 is 0 Å². The first-order valence-electron chi connectivity index (χ1n) is 5.98. The summed E-state index contributed by atoms with van der Waals surface area (Å²) in [5.74, 6) is 1.38. The Morgan fingerprint density at radius 2 is 2.00 bits per heavy atom. The molecule has 0 radical (unpaired) electrons. The fraction of sp³-hybridized carbons (Fsp3) is 0.357. The van der Waals surface area contributed by atoms with Crippen molar-refractivity contribution in [1.29, 1.82) is 0 Å². The van der Waals surface area contributed by atoms with Crippen molar-refractivity contribution in [3.8, 4) is 11.3 Å². The fourth-order valence-corrected chi connectivity index (χ4v) is 2.06. The Bertz CT molecular complexity index is 512. The van der Waals surface area contributed by atoms with Crippen LogP contribution in [0.2, 0.25) is 0 Å². The molecule has 0 aliphatic carbocycles. The number of nitrogens with two attached hydrogens (primary N) is 1. The van der Waals surface area contributed by atoms with Gasteiger partial charge in [0, 0.05) is 17.8 Å². The summed E-state index contributed by atoms with van der Waals surface area (Å²) < 4.78 is 0. The van der Waals surface area contributed by atoms with Crippen molar-refractivity contribution in [2.75, 3.05) is 0 Å². The van der Waals surface area contributed by atoms with Gasteiger partial charge in [0.25, 0.3) is 0 Å². The molecule has 2 rings (SSSR count). The van der Waals surface area contributed by atoms with Crippen LogP contribution in [0, 0.1) is 6.92 Å². The first-order chi connectivity index (χ1) is 8.13. The second-order valence-corrected chi connectivity index (χ2v) is 4.60. The molecule has 2 aromatic rings. The molecule has 1 aromatic carbocycles. The Morgan fingerprint density at radius 1 is 1.29 bits per heavy atom. The van der Waals surface area contributed by atoms with E-state index in [0.29, 0.717) is 12.5 Å². The minimum atomic E-state index is 0.428. The van der Waals surface area contributed by atoms with Crippen LogP contribution in [-0.2, 0) is 6.54 Å². The third kappa shape index (κ3) is 2.24. The lowest BCUT2D eigenvalue weighted by Crippen LogP contribution is -2.00. The molecule has 0 aliphatic heterocycles. The molecule has 0 unspecified atom stereocenters. The summed E-state index contributed by atoms with van der Waals surface area (Å²) in [5, 5.41) is 0. The van der Waals surface area contributed by atoms with Crippen LogP contribution < -0.4 is 5.73 Å². The van der Waals surface area contributed by atoms with Crippen LogP contribution in [0.5, 0.6) is 0 Å². The van der Waals surface area contributed by atoms with Crippen molar-refractivity contribution in [2.45, 2.75) is 33.2 Å². The monoisotopic (exact) mass is 229 g/mol. The van der Waals surface area contributed by atoms with Crippen molar-refractivity contribution in [3.05, 3.63) is 41.3 Å². The lowest BCUT2D eigenvalue weighted by Gasteiger charge is -2.09. The number of nitrogens with one attached hydrogen (secondary N) is 1. The second-order valence-electron chi connectivity index (χ2n) is 4.60. The number of aryl methyl sites for hydroxylation is 1. The Morgan fingerprint density at radius 3 is 2.65 bits per heavy atom. The first-order valence-corrected chi connectivity index (χ1v) is 5.98.